The zero-order valence-electron chi connectivity index (χ0n) is 22.1. The predicted octanol–water partition coefficient (Wildman–Crippen LogP) is 6.91. The summed E-state index contributed by atoms with van der Waals surface area (Å²) in [5.41, 5.74) is -0.980. The normalized spacial score (nSPS) is 29.7. The lowest BCUT2D eigenvalue weighted by molar-refractivity contribution is -0.211. The van der Waals surface area contributed by atoms with Gasteiger partial charge in [-0.2, -0.15) is 0 Å². The highest BCUT2D eigenvalue weighted by atomic mass is 16.6. The summed E-state index contributed by atoms with van der Waals surface area (Å²) in [6, 6.07) is 6.11. The van der Waals surface area contributed by atoms with Crippen LogP contribution in [-0.2, 0) is 14.3 Å². The zero-order valence-corrected chi connectivity index (χ0v) is 22.1. The number of benzene rings is 1. The molecule has 0 saturated heterocycles. The molecule has 0 amide bonds. The van der Waals surface area contributed by atoms with E-state index in [1.807, 2.05) is 34.6 Å². The van der Waals surface area contributed by atoms with Gasteiger partial charge in [0.25, 0.3) is 0 Å². The predicted molar refractivity (Wildman–Crippen MR) is 133 cm³/mol. The van der Waals surface area contributed by atoms with Gasteiger partial charge in [-0.3, -0.25) is 9.59 Å². The Kier molecular flexibility index (Phi) is 7.74. The van der Waals surface area contributed by atoms with E-state index in [9.17, 15) is 9.59 Å². The molecule has 0 spiro atoms. The molecule has 0 unspecified atom stereocenters. The molecule has 1 aromatic rings. The van der Waals surface area contributed by atoms with Crippen molar-refractivity contribution >= 4 is 11.9 Å². The summed E-state index contributed by atoms with van der Waals surface area (Å²) in [7, 11) is 0. The van der Waals surface area contributed by atoms with Gasteiger partial charge >= 0.3 is 11.9 Å². The SMILES string of the molecule is CCC(C)(C)C(=O)OC1(C)C2CC3CC(C2)CC1C3.CCC(C)(C)C(=O)Oc1ccc(O)cc1. The standard InChI is InChI=1S/C17H28O2.C12H16O3/c1-5-16(2,3)15(18)19-17(4)13-7-11-6-12(9-13)10-14(17)8-11;1-4-12(2,3)11(14)15-10-7-5-9(13)6-8-10/h11-14H,5-10H2,1-4H3;5-8,13H,4H2,1-3H3. The van der Waals surface area contributed by atoms with E-state index in [-0.39, 0.29) is 28.7 Å². The highest BCUT2D eigenvalue weighted by Crippen LogP contribution is 2.59. The van der Waals surface area contributed by atoms with Gasteiger partial charge in [-0.05, 0) is 128 Å². The molecule has 0 aliphatic heterocycles. The second-order valence-electron chi connectivity index (χ2n) is 12.2. The molecule has 5 nitrogen and oxygen atoms in total. The lowest BCUT2D eigenvalue weighted by atomic mass is 9.50. The number of hydrogen-bond acceptors (Lipinski definition) is 5. The van der Waals surface area contributed by atoms with Crippen molar-refractivity contribution in [2.24, 2.45) is 34.5 Å². The maximum absolute atomic E-state index is 12.5. The van der Waals surface area contributed by atoms with Gasteiger partial charge in [0.2, 0.25) is 0 Å². The van der Waals surface area contributed by atoms with Gasteiger partial charge in [-0.1, -0.05) is 13.8 Å². The van der Waals surface area contributed by atoms with Crippen LogP contribution in [0, 0.1) is 34.5 Å². The second-order valence-corrected chi connectivity index (χ2v) is 12.2. The molecule has 0 aromatic heterocycles. The molecular formula is C29H44O5. The molecule has 4 aliphatic rings. The maximum atomic E-state index is 12.5. The number of phenols is 1. The van der Waals surface area contributed by atoms with Crippen LogP contribution in [0.2, 0.25) is 0 Å². The molecule has 1 N–H and O–H groups in total. The van der Waals surface area contributed by atoms with Gasteiger partial charge in [0.1, 0.15) is 17.1 Å². The van der Waals surface area contributed by atoms with Crippen LogP contribution in [0.4, 0.5) is 0 Å². The van der Waals surface area contributed by atoms with Crippen LogP contribution < -0.4 is 4.74 Å². The molecule has 34 heavy (non-hydrogen) atoms. The third-order valence-electron chi connectivity index (χ3n) is 8.99. The van der Waals surface area contributed by atoms with Crippen LogP contribution >= 0.6 is 0 Å². The van der Waals surface area contributed by atoms with Crippen molar-refractivity contribution in [3.8, 4) is 11.5 Å². The van der Waals surface area contributed by atoms with Crippen LogP contribution in [0.15, 0.2) is 24.3 Å². The lowest BCUT2D eigenvalue weighted by Gasteiger charge is -2.59. The van der Waals surface area contributed by atoms with Crippen LogP contribution in [0.1, 0.15) is 93.4 Å². The fourth-order valence-electron chi connectivity index (χ4n) is 5.67. The Morgan fingerprint density at radius 3 is 1.74 bits per heavy atom. The van der Waals surface area contributed by atoms with Crippen molar-refractivity contribution in [2.45, 2.75) is 99.0 Å². The number of carbonyl (C=O) groups excluding carboxylic acids is 2. The van der Waals surface area contributed by atoms with Crippen LogP contribution in [0.3, 0.4) is 0 Å². The summed E-state index contributed by atoms with van der Waals surface area (Å²) in [6.45, 7) is 13.9. The average Bonchev–Trinajstić information content (AvgIpc) is 2.79. The topological polar surface area (TPSA) is 72.8 Å². The van der Waals surface area contributed by atoms with E-state index in [1.54, 1.807) is 12.1 Å². The van der Waals surface area contributed by atoms with Crippen LogP contribution in [0.5, 0.6) is 11.5 Å². The van der Waals surface area contributed by atoms with Crippen molar-refractivity contribution in [1.82, 2.24) is 0 Å². The molecule has 5 heteroatoms. The Hall–Kier alpha value is -2.04. The Morgan fingerprint density at radius 1 is 0.853 bits per heavy atom. The van der Waals surface area contributed by atoms with Crippen molar-refractivity contribution in [1.29, 1.82) is 0 Å². The van der Waals surface area contributed by atoms with E-state index in [0.29, 0.717) is 17.6 Å². The average molecular weight is 473 g/mol. The number of ether oxygens (including phenoxy) is 2. The second kappa shape index (κ2) is 9.91. The van der Waals surface area contributed by atoms with E-state index in [1.165, 1.54) is 44.2 Å². The maximum Gasteiger partial charge on any atom is 0.316 e. The van der Waals surface area contributed by atoms with E-state index >= 15 is 0 Å². The molecule has 0 atom stereocenters. The summed E-state index contributed by atoms with van der Waals surface area (Å²) in [4.78, 5) is 24.1. The van der Waals surface area contributed by atoms with Crippen LogP contribution in [0.25, 0.3) is 0 Å². The van der Waals surface area contributed by atoms with Crippen molar-refractivity contribution in [3.05, 3.63) is 24.3 Å². The third-order valence-corrected chi connectivity index (χ3v) is 8.99. The first kappa shape index (κ1) is 26.6. The van der Waals surface area contributed by atoms with Crippen LogP contribution in [-0.4, -0.2) is 22.6 Å². The quantitative estimate of drug-likeness (QED) is 0.359. The fraction of sp³-hybridized carbons (Fsp3) is 0.724. The summed E-state index contributed by atoms with van der Waals surface area (Å²) in [5.74, 6) is 3.48. The van der Waals surface area contributed by atoms with Crippen molar-refractivity contribution in [3.63, 3.8) is 0 Å². The molecule has 4 fully saturated rings. The van der Waals surface area contributed by atoms with E-state index in [0.717, 1.165) is 24.7 Å². The zero-order chi connectivity index (χ0) is 25.3. The minimum Gasteiger partial charge on any atom is -0.508 e. The molecule has 5 rings (SSSR count). The Bertz CT molecular complexity index is 839. The Morgan fingerprint density at radius 2 is 1.29 bits per heavy atom. The fourth-order valence-corrected chi connectivity index (χ4v) is 5.67. The first-order valence-electron chi connectivity index (χ1n) is 13.1. The Balaban J connectivity index is 0.000000197. The highest BCUT2D eigenvalue weighted by molar-refractivity contribution is 5.78. The number of aromatic hydroxyl groups is 1. The first-order valence-corrected chi connectivity index (χ1v) is 13.1. The van der Waals surface area contributed by atoms with E-state index in [2.05, 4.69) is 13.8 Å². The Labute approximate surface area is 205 Å². The molecular weight excluding hydrogens is 428 g/mol. The van der Waals surface area contributed by atoms with E-state index in [4.69, 9.17) is 14.6 Å². The molecule has 1 aromatic carbocycles. The van der Waals surface area contributed by atoms with Crippen molar-refractivity contribution < 1.29 is 24.2 Å². The lowest BCUT2D eigenvalue weighted by Crippen LogP contribution is -2.58. The summed E-state index contributed by atoms with van der Waals surface area (Å²) in [5, 5.41) is 9.06. The number of carbonyl (C=O) groups is 2. The first-order chi connectivity index (χ1) is 15.8. The summed E-state index contributed by atoms with van der Waals surface area (Å²) >= 11 is 0. The highest BCUT2D eigenvalue weighted by Gasteiger charge is 2.57. The smallest absolute Gasteiger partial charge is 0.316 e. The van der Waals surface area contributed by atoms with Gasteiger partial charge < -0.3 is 14.6 Å². The van der Waals surface area contributed by atoms with E-state index < -0.39 is 5.41 Å². The molecule has 4 saturated carbocycles. The van der Waals surface area contributed by atoms with Gasteiger partial charge in [-0.25, -0.2) is 0 Å². The number of hydrogen-bond donors (Lipinski definition) is 1. The van der Waals surface area contributed by atoms with Crippen molar-refractivity contribution in [2.75, 3.05) is 0 Å². The third kappa shape index (κ3) is 5.60. The molecule has 0 radical (unpaired) electrons. The van der Waals surface area contributed by atoms with Gasteiger partial charge in [-0.15, -0.1) is 0 Å². The monoisotopic (exact) mass is 472 g/mol. The minimum atomic E-state index is -0.474. The number of esters is 2. The van der Waals surface area contributed by atoms with Gasteiger partial charge in [0, 0.05) is 0 Å². The molecule has 4 bridgehead atoms. The number of phenolic OH excluding ortho intramolecular Hbond substituents is 1. The molecule has 0 heterocycles. The molecule has 190 valence electrons. The summed E-state index contributed by atoms with van der Waals surface area (Å²) in [6.07, 6.45) is 8.20. The summed E-state index contributed by atoms with van der Waals surface area (Å²) < 4.78 is 11.3. The molecule has 4 aliphatic carbocycles. The van der Waals surface area contributed by atoms with Gasteiger partial charge in [0.05, 0.1) is 10.8 Å². The minimum absolute atomic E-state index is 0.0185. The number of rotatable bonds is 6. The largest absolute Gasteiger partial charge is 0.508 e. The van der Waals surface area contributed by atoms with Gasteiger partial charge in [0.15, 0.2) is 0 Å².